The van der Waals surface area contributed by atoms with Gasteiger partial charge >= 0.3 is 25.0 Å². The third kappa shape index (κ3) is 10.0. The van der Waals surface area contributed by atoms with Crippen LogP contribution in [0.15, 0.2) is 24.3 Å². The van der Waals surface area contributed by atoms with Crippen LogP contribution in [0.2, 0.25) is 0 Å². The van der Waals surface area contributed by atoms with Crippen LogP contribution >= 0.6 is 0 Å². The number of rotatable bonds is 9. The molecule has 0 bridgehead atoms. The first-order chi connectivity index (χ1) is 20.1. The van der Waals surface area contributed by atoms with Crippen LogP contribution in [0.25, 0.3) is 5.32 Å². The summed E-state index contributed by atoms with van der Waals surface area (Å²) in [6, 6.07) is 4.32. The number of hydrogen-bond acceptors (Lipinski definition) is 7. The van der Waals surface area contributed by atoms with Crippen LogP contribution in [0.1, 0.15) is 78.0 Å². The Morgan fingerprint density at radius 1 is 1.16 bits per heavy atom. The summed E-state index contributed by atoms with van der Waals surface area (Å²) in [5.41, 5.74) is 0.591. The quantitative estimate of drug-likeness (QED) is 0.266. The Balaban J connectivity index is 0.00000675. The van der Waals surface area contributed by atoms with Crippen LogP contribution in [0.4, 0.5) is 4.79 Å². The van der Waals surface area contributed by atoms with Crippen molar-refractivity contribution in [3.63, 3.8) is 0 Å². The van der Waals surface area contributed by atoms with Gasteiger partial charge in [-0.2, -0.15) is 0 Å². The molecule has 1 fully saturated rings. The van der Waals surface area contributed by atoms with Gasteiger partial charge in [-0.25, -0.2) is 4.79 Å². The molecule has 1 saturated heterocycles. The number of likely N-dealkylation sites (tertiary alicyclic amines) is 1. The molecule has 0 aromatic heterocycles. The van der Waals surface area contributed by atoms with Gasteiger partial charge in [-0.1, -0.05) is 51.0 Å². The van der Waals surface area contributed by atoms with Gasteiger partial charge in [0.25, 0.3) is 0 Å². The maximum atomic E-state index is 14.1. The largest absolute Gasteiger partial charge is 1.00 e. The molecular weight excluding hydrogens is 559 g/mol. The molecule has 11 nitrogen and oxygen atoms in total. The van der Waals surface area contributed by atoms with Gasteiger partial charge in [0.2, 0.25) is 11.8 Å². The van der Waals surface area contributed by atoms with Gasteiger partial charge in [-0.3, -0.25) is 9.59 Å². The van der Waals surface area contributed by atoms with Crippen LogP contribution in [0.3, 0.4) is 0 Å². The van der Waals surface area contributed by atoms with E-state index in [1.165, 1.54) is 10.5 Å². The molecule has 12 heteroatoms. The Bertz CT molecular complexity index is 1220. The van der Waals surface area contributed by atoms with Crippen LogP contribution in [0.5, 0.6) is 0 Å². The molecule has 0 radical (unpaired) electrons. The summed E-state index contributed by atoms with van der Waals surface area (Å²) in [4.78, 5) is 54.7. The Hall–Kier alpha value is -3.02. The minimum absolute atomic E-state index is 0. The van der Waals surface area contributed by atoms with Crippen molar-refractivity contribution < 1.29 is 52.6 Å². The van der Waals surface area contributed by atoms with E-state index in [0.29, 0.717) is 0 Å². The topological polar surface area (TPSA) is 148 Å². The average Bonchev–Trinajstić information content (AvgIpc) is 3.36. The van der Waals surface area contributed by atoms with E-state index in [1.807, 2.05) is 18.2 Å². The first-order valence-electron chi connectivity index (χ1n) is 14.7. The Morgan fingerprint density at radius 3 is 2.45 bits per heavy atom. The molecule has 3 rings (SSSR count). The van der Waals surface area contributed by atoms with E-state index >= 15 is 0 Å². The maximum Gasteiger partial charge on any atom is 1.00 e. The van der Waals surface area contributed by atoms with Gasteiger partial charge in [0.15, 0.2) is 0 Å². The van der Waals surface area contributed by atoms with Crippen molar-refractivity contribution in [3.05, 3.63) is 40.7 Å². The maximum absolute atomic E-state index is 14.1. The fourth-order valence-corrected chi connectivity index (χ4v) is 5.38. The number of carbonyl (C=O) groups is 4. The fourth-order valence-electron chi connectivity index (χ4n) is 5.38. The van der Waals surface area contributed by atoms with E-state index in [4.69, 9.17) is 15.9 Å². The van der Waals surface area contributed by atoms with Crippen LogP contribution in [-0.4, -0.2) is 83.4 Å². The number of fused-ring (bicyclic) bond motifs is 1. The number of benzene rings is 1. The van der Waals surface area contributed by atoms with Crippen LogP contribution in [-0.2, 0) is 30.3 Å². The van der Waals surface area contributed by atoms with Crippen molar-refractivity contribution >= 4 is 23.8 Å². The smallest absolute Gasteiger partial charge is 0.641 e. The summed E-state index contributed by atoms with van der Waals surface area (Å²) in [5, 5.41) is 19.5. The van der Waals surface area contributed by atoms with Crippen molar-refractivity contribution in [2.45, 2.75) is 103 Å². The first-order valence-corrected chi connectivity index (χ1v) is 14.7. The fraction of sp³-hybridized carbons (Fsp3) is 0.625. The van der Waals surface area contributed by atoms with Crippen molar-refractivity contribution in [3.8, 4) is 12.3 Å². The standard InChI is InChI=1S/C32H46N4O7.Li/c1-8-16-42-21-17-25(28(39)33-23-15-11-13-20-12-9-10-14-22(20)23)36(18-21)29(40)26(31(2,3)4)35-27(38)24(19-37)34-30(41)43-32(5,6)7;/h1,9-10,12,14,21,23-26,37H,11,13,15-19H2,2-7H3,(H3,33,34,35,38,39,41);/q;+1/p-1/t21-,23+,24-,25-,26+;/m0./s1. The third-order valence-corrected chi connectivity index (χ3v) is 7.42. The van der Waals surface area contributed by atoms with Gasteiger partial charge in [-0.05, 0) is 62.6 Å². The number of alkyl carbamates (subject to hydrolysis) is 1. The number of amides is 4. The molecule has 4 amide bonds. The Kier molecular flexibility index (Phi) is 13.4. The van der Waals surface area contributed by atoms with E-state index < -0.39 is 59.8 Å². The number of carbonyl (C=O) groups excluding carboxylic acids is 4. The number of nitrogens with one attached hydrogen (secondary N) is 2. The minimum Gasteiger partial charge on any atom is -0.641 e. The van der Waals surface area contributed by atoms with Gasteiger partial charge in [0.1, 0.15) is 18.2 Å². The van der Waals surface area contributed by atoms with Crippen molar-refractivity contribution in [2.24, 2.45) is 5.41 Å². The molecule has 1 aliphatic heterocycles. The zero-order chi connectivity index (χ0) is 31.9. The molecule has 0 unspecified atom stereocenters. The molecule has 3 N–H and O–H groups in total. The average molecular weight is 605 g/mol. The molecule has 0 spiro atoms. The van der Waals surface area contributed by atoms with E-state index in [9.17, 15) is 24.3 Å². The van der Waals surface area contributed by atoms with Gasteiger partial charge in [0, 0.05) is 13.0 Å². The summed E-state index contributed by atoms with van der Waals surface area (Å²) in [7, 11) is 0. The predicted octanol–water partition coefficient (Wildman–Crippen LogP) is 0.00410. The van der Waals surface area contributed by atoms with Crippen LogP contribution < -0.4 is 29.5 Å². The van der Waals surface area contributed by atoms with E-state index in [1.54, 1.807) is 41.5 Å². The Labute approximate surface area is 272 Å². The van der Waals surface area contributed by atoms with Gasteiger partial charge in [0.05, 0.1) is 30.7 Å². The second-order valence-electron chi connectivity index (χ2n) is 13.1. The van der Waals surface area contributed by atoms with E-state index in [-0.39, 0.29) is 50.4 Å². The zero-order valence-corrected chi connectivity index (χ0v) is 27.0. The van der Waals surface area contributed by atoms with Crippen molar-refractivity contribution in [2.75, 3.05) is 19.8 Å². The molecule has 0 saturated carbocycles. The predicted molar refractivity (Wildman–Crippen MR) is 161 cm³/mol. The van der Waals surface area contributed by atoms with Crippen LogP contribution in [0, 0.1) is 17.8 Å². The second-order valence-corrected chi connectivity index (χ2v) is 13.1. The van der Waals surface area contributed by atoms with Crippen molar-refractivity contribution in [1.82, 2.24) is 15.5 Å². The number of nitrogens with zero attached hydrogens (tertiary/aromatic N) is 2. The van der Waals surface area contributed by atoms with E-state index in [2.05, 4.69) is 27.9 Å². The molecule has 1 aromatic carbocycles. The third-order valence-electron chi connectivity index (χ3n) is 7.42. The van der Waals surface area contributed by atoms with Gasteiger partial charge in [-0.15, -0.1) is 6.42 Å². The molecule has 1 aromatic rings. The second kappa shape index (κ2) is 15.8. The molecule has 1 heterocycles. The SMILES string of the molecule is C#CCO[C@H]1C[C@@H](C(=O)N[C@@H]2CCCc3ccccc32)N(C(=O)[C@@H]([N-]C(=O)[C@H](CO)NC(=O)OC(C)(C)C)C(C)(C)C)C1.[Li+]. The van der Waals surface area contributed by atoms with Gasteiger partial charge < -0.3 is 40.2 Å². The Morgan fingerprint density at radius 2 is 1.84 bits per heavy atom. The minimum atomic E-state index is -1.41. The summed E-state index contributed by atoms with van der Waals surface area (Å²) in [6.07, 6.45) is 6.89. The summed E-state index contributed by atoms with van der Waals surface area (Å²) >= 11 is 0. The zero-order valence-electron chi connectivity index (χ0n) is 27.0. The normalized spacial score (nSPS) is 21.0. The molecule has 2 aliphatic rings. The number of terminal acetylenes is 1. The summed E-state index contributed by atoms with van der Waals surface area (Å²) in [6.45, 7) is 9.61. The number of aliphatic hydroxyl groups is 1. The van der Waals surface area contributed by atoms with Crippen molar-refractivity contribution in [1.29, 1.82) is 0 Å². The number of hydrogen-bond donors (Lipinski definition) is 3. The first kappa shape index (κ1) is 37.2. The van der Waals surface area contributed by atoms with E-state index in [0.717, 1.165) is 24.8 Å². The summed E-state index contributed by atoms with van der Waals surface area (Å²) in [5.74, 6) is 0.680. The molecule has 44 heavy (non-hydrogen) atoms. The molecular formula is C32H45LiN4O7. The summed E-state index contributed by atoms with van der Waals surface area (Å²) < 4.78 is 10.9. The number of aryl methyl sites for hydroxylation is 1. The molecule has 236 valence electrons. The molecule has 5 atom stereocenters. The molecule has 1 aliphatic carbocycles. The monoisotopic (exact) mass is 604 g/mol. The number of aliphatic hydroxyl groups excluding tert-OH is 1. The number of ether oxygens (including phenoxy) is 2.